The standard InChI is InChI=1S/C14H26N4O2S/c1-10(2)18-8-6-13(7-9-18)16-21(19,20)14-11(3)15-17(5)12(14)4/h10,13,16H,6-9H2,1-5H3. The van der Waals surface area contributed by atoms with Gasteiger partial charge in [-0.25, -0.2) is 13.1 Å². The van der Waals surface area contributed by atoms with Gasteiger partial charge in [-0.1, -0.05) is 0 Å². The van der Waals surface area contributed by atoms with Crippen molar-refractivity contribution in [2.75, 3.05) is 13.1 Å². The molecule has 0 unspecified atom stereocenters. The summed E-state index contributed by atoms with van der Waals surface area (Å²) < 4.78 is 29.7. The number of sulfonamides is 1. The average Bonchev–Trinajstić information content (AvgIpc) is 2.63. The summed E-state index contributed by atoms with van der Waals surface area (Å²) in [6.07, 6.45) is 1.71. The van der Waals surface area contributed by atoms with Crippen LogP contribution in [0.5, 0.6) is 0 Å². The Bertz CT molecular complexity index is 599. The molecule has 1 aromatic heterocycles. The predicted molar refractivity (Wildman–Crippen MR) is 82.7 cm³/mol. The fourth-order valence-electron chi connectivity index (χ4n) is 2.96. The number of hydrogen-bond donors (Lipinski definition) is 1. The molecule has 1 aliphatic heterocycles. The summed E-state index contributed by atoms with van der Waals surface area (Å²) in [6, 6.07) is 0.536. The summed E-state index contributed by atoms with van der Waals surface area (Å²) >= 11 is 0. The van der Waals surface area contributed by atoms with Gasteiger partial charge >= 0.3 is 0 Å². The van der Waals surface area contributed by atoms with Crippen molar-refractivity contribution in [2.45, 2.75) is 57.5 Å². The van der Waals surface area contributed by atoms with Crippen LogP contribution in [0.1, 0.15) is 38.1 Å². The van der Waals surface area contributed by atoms with Gasteiger partial charge in [-0.15, -0.1) is 0 Å². The zero-order chi connectivity index (χ0) is 15.8. The second-order valence-corrected chi connectivity index (χ2v) is 7.80. The lowest BCUT2D eigenvalue weighted by atomic mass is 10.1. The van der Waals surface area contributed by atoms with Gasteiger partial charge in [0, 0.05) is 19.1 Å². The normalized spacial score (nSPS) is 18.6. The summed E-state index contributed by atoms with van der Waals surface area (Å²) in [5.41, 5.74) is 1.24. The molecule has 0 saturated carbocycles. The van der Waals surface area contributed by atoms with Crippen molar-refractivity contribution >= 4 is 10.0 Å². The van der Waals surface area contributed by atoms with E-state index >= 15 is 0 Å². The first-order chi connectivity index (χ1) is 9.72. The monoisotopic (exact) mass is 314 g/mol. The van der Waals surface area contributed by atoms with E-state index in [-0.39, 0.29) is 6.04 Å². The molecule has 1 aliphatic rings. The minimum Gasteiger partial charge on any atom is -0.301 e. The van der Waals surface area contributed by atoms with Crippen molar-refractivity contribution in [2.24, 2.45) is 7.05 Å². The number of aryl methyl sites for hydroxylation is 2. The Morgan fingerprint density at radius 1 is 1.24 bits per heavy atom. The highest BCUT2D eigenvalue weighted by Gasteiger charge is 2.29. The molecule has 1 aromatic rings. The molecule has 2 rings (SSSR count). The fraction of sp³-hybridized carbons (Fsp3) is 0.786. The van der Waals surface area contributed by atoms with E-state index in [1.54, 1.807) is 25.6 Å². The van der Waals surface area contributed by atoms with Gasteiger partial charge in [0.2, 0.25) is 10.0 Å². The SMILES string of the molecule is Cc1nn(C)c(C)c1S(=O)(=O)NC1CCN(C(C)C)CC1. The highest BCUT2D eigenvalue weighted by Crippen LogP contribution is 2.21. The van der Waals surface area contributed by atoms with Gasteiger partial charge < -0.3 is 4.90 Å². The van der Waals surface area contributed by atoms with Crippen LogP contribution < -0.4 is 4.72 Å². The van der Waals surface area contributed by atoms with E-state index in [4.69, 9.17) is 0 Å². The third kappa shape index (κ3) is 3.46. The van der Waals surface area contributed by atoms with Crippen molar-refractivity contribution in [1.82, 2.24) is 19.4 Å². The summed E-state index contributed by atoms with van der Waals surface area (Å²) in [4.78, 5) is 2.71. The highest BCUT2D eigenvalue weighted by molar-refractivity contribution is 7.89. The highest BCUT2D eigenvalue weighted by atomic mass is 32.2. The first kappa shape index (κ1) is 16.5. The number of nitrogens with zero attached hydrogens (tertiary/aromatic N) is 3. The lowest BCUT2D eigenvalue weighted by Gasteiger charge is -2.34. The summed E-state index contributed by atoms with van der Waals surface area (Å²) in [6.45, 7) is 9.75. The maximum atomic E-state index is 12.6. The van der Waals surface area contributed by atoms with Crippen LogP contribution in [-0.4, -0.2) is 48.3 Å². The molecule has 0 bridgehead atoms. The minimum absolute atomic E-state index is 0.0176. The third-order valence-electron chi connectivity index (χ3n) is 4.29. The largest absolute Gasteiger partial charge is 0.301 e. The second-order valence-electron chi connectivity index (χ2n) is 6.15. The van der Waals surface area contributed by atoms with Crippen LogP contribution in [-0.2, 0) is 17.1 Å². The van der Waals surface area contributed by atoms with Gasteiger partial charge in [-0.2, -0.15) is 5.10 Å². The Morgan fingerprint density at radius 3 is 2.24 bits per heavy atom. The molecule has 1 N–H and O–H groups in total. The first-order valence-corrected chi connectivity index (χ1v) is 8.97. The molecule has 0 radical (unpaired) electrons. The average molecular weight is 314 g/mol. The van der Waals surface area contributed by atoms with Crippen LogP contribution >= 0.6 is 0 Å². The zero-order valence-electron chi connectivity index (χ0n) is 13.5. The number of piperidine rings is 1. The van der Waals surface area contributed by atoms with Crippen molar-refractivity contribution in [3.63, 3.8) is 0 Å². The van der Waals surface area contributed by atoms with E-state index in [1.807, 2.05) is 0 Å². The lowest BCUT2D eigenvalue weighted by molar-refractivity contribution is 0.168. The molecule has 1 saturated heterocycles. The van der Waals surface area contributed by atoms with Gasteiger partial charge in [0.25, 0.3) is 0 Å². The van der Waals surface area contributed by atoms with Crippen LogP contribution in [0.25, 0.3) is 0 Å². The Balaban J connectivity index is 2.09. The summed E-state index contributed by atoms with van der Waals surface area (Å²) in [5, 5.41) is 4.19. The third-order valence-corrected chi connectivity index (χ3v) is 6.06. The topological polar surface area (TPSA) is 67.2 Å². The zero-order valence-corrected chi connectivity index (χ0v) is 14.4. The van der Waals surface area contributed by atoms with E-state index in [2.05, 4.69) is 28.6 Å². The Kier molecular flexibility index (Phi) is 4.75. The predicted octanol–water partition coefficient (Wildman–Crippen LogP) is 1.19. The molecular weight excluding hydrogens is 288 g/mol. The number of hydrogen-bond acceptors (Lipinski definition) is 4. The molecule has 0 atom stereocenters. The molecule has 0 aromatic carbocycles. The Hall–Kier alpha value is -0.920. The summed E-state index contributed by atoms with van der Waals surface area (Å²) in [5.74, 6) is 0. The number of aromatic nitrogens is 2. The van der Waals surface area contributed by atoms with Crippen LogP contribution in [0.2, 0.25) is 0 Å². The molecule has 0 aliphatic carbocycles. The summed E-state index contributed by atoms with van der Waals surface area (Å²) in [7, 11) is -1.72. The van der Waals surface area contributed by atoms with Gasteiger partial charge in [-0.3, -0.25) is 4.68 Å². The molecule has 1 fully saturated rings. The smallest absolute Gasteiger partial charge is 0.244 e. The first-order valence-electron chi connectivity index (χ1n) is 7.49. The van der Waals surface area contributed by atoms with E-state index in [0.29, 0.717) is 22.3 Å². The quantitative estimate of drug-likeness (QED) is 0.906. The maximum Gasteiger partial charge on any atom is 0.244 e. The van der Waals surface area contributed by atoms with Crippen LogP contribution in [0.4, 0.5) is 0 Å². The molecular formula is C14H26N4O2S. The van der Waals surface area contributed by atoms with Crippen LogP contribution in [0, 0.1) is 13.8 Å². The van der Waals surface area contributed by atoms with Gasteiger partial charge in [0.15, 0.2) is 0 Å². The van der Waals surface area contributed by atoms with Crippen LogP contribution in [0.15, 0.2) is 4.90 Å². The van der Waals surface area contributed by atoms with Crippen molar-refractivity contribution in [1.29, 1.82) is 0 Å². The molecule has 2 heterocycles. The maximum absolute atomic E-state index is 12.6. The number of likely N-dealkylation sites (tertiary alicyclic amines) is 1. The number of nitrogens with one attached hydrogen (secondary N) is 1. The molecule has 21 heavy (non-hydrogen) atoms. The van der Waals surface area contributed by atoms with Crippen LogP contribution in [0.3, 0.4) is 0 Å². The molecule has 6 nitrogen and oxygen atoms in total. The lowest BCUT2D eigenvalue weighted by Crippen LogP contribution is -2.46. The van der Waals surface area contributed by atoms with E-state index in [1.165, 1.54) is 0 Å². The van der Waals surface area contributed by atoms with E-state index in [0.717, 1.165) is 25.9 Å². The Labute approximate surface area is 127 Å². The minimum atomic E-state index is -3.49. The van der Waals surface area contributed by atoms with Crippen molar-refractivity contribution in [3.05, 3.63) is 11.4 Å². The van der Waals surface area contributed by atoms with E-state index in [9.17, 15) is 8.42 Å². The molecule has 120 valence electrons. The fourth-order valence-corrected chi connectivity index (χ4v) is 4.70. The molecule has 0 amide bonds. The van der Waals surface area contributed by atoms with Crippen molar-refractivity contribution in [3.8, 4) is 0 Å². The molecule has 0 spiro atoms. The van der Waals surface area contributed by atoms with E-state index < -0.39 is 10.0 Å². The van der Waals surface area contributed by atoms with Crippen molar-refractivity contribution < 1.29 is 8.42 Å². The van der Waals surface area contributed by atoms with Gasteiger partial charge in [0.1, 0.15) is 4.90 Å². The molecule has 7 heteroatoms. The van der Waals surface area contributed by atoms with Gasteiger partial charge in [0.05, 0.1) is 11.4 Å². The second kappa shape index (κ2) is 6.06. The Morgan fingerprint density at radius 2 is 1.81 bits per heavy atom. The number of rotatable bonds is 4. The van der Waals surface area contributed by atoms with Gasteiger partial charge in [-0.05, 0) is 53.6 Å².